The van der Waals surface area contributed by atoms with Gasteiger partial charge >= 0.3 is 0 Å². The molecule has 0 aliphatic carbocycles. The Morgan fingerprint density at radius 2 is 1.88 bits per heavy atom. The number of likely N-dealkylation sites (N-methyl/N-ethyl adjacent to an activating group) is 1. The average Bonchev–Trinajstić information content (AvgIpc) is 2.20. The third-order valence-corrected chi connectivity index (χ3v) is 3.87. The molecule has 4 nitrogen and oxygen atoms in total. The van der Waals surface area contributed by atoms with Gasteiger partial charge in [0.25, 0.3) is 0 Å². The zero-order chi connectivity index (χ0) is 12.8. The standard InChI is InChI=1S/C11H26N2O2S/c1-6-10(2)12-9-11(3)13(4)7-8-16(5,14)15/h10-12H,6-9H2,1-5H3. The van der Waals surface area contributed by atoms with Gasteiger partial charge in [0.15, 0.2) is 0 Å². The molecule has 0 saturated carbocycles. The van der Waals surface area contributed by atoms with E-state index in [0.29, 0.717) is 18.6 Å². The van der Waals surface area contributed by atoms with Crippen LogP contribution in [-0.2, 0) is 9.84 Å². The van der Waals surface area contributed by atoms with E-state index in [-0.39, 0.29) is 5.75 Å². The highest BCUT2D eigenvalue weighted by Gasteiger charge is 2.12. The van der Waals surface area contributed by atoms with Crippen LogP contribution in [0.2, 0.25) is 0 Å². The molecule has 1 N–H and O–H groups in total. The minimum atomic E-state index is -2.85. The second-order valence-corrected chi connectivity index (χ2v) is 6.94. The maximum absolute atomic E-state index is 11.0. The Hall–Kier alpha value is -0.130. The van der Waals surface area contributed by atoms with Crippen LogP contribution in [0.3, 0.4) is 0 Å². The van der Waals surface area contributed by atoms with Crippen molar-refractivity contribution in [2.24, 2.45) is 0 Å². The van der Waals surface area contributed by atoms with E-state index in [0.717, 1.165) is 13.0 Å². The first kappa shape index (κ1) is 15.9. The summed E-state index contributed by atoms with van der Waals surface area (Å²) in [6, 6.07) is 0.876. The average molecular weight is 250 g/mol. The van der Waals surface area contributed by atoms with E-state index in [2.05, 4.69) is 31.0 Å². The molecule has 0 aromatic rings. The summed E-state index contributed by atoms with van der Waals surface area (Å²) in [6.07, 6.45) is 2.39. The van der Waals surface area contributed by atoms with Gasteiger partial charge in [-0.1, -0.05) is 6.92 Å². The fraction of sp³-hybridized carbons (Fsp3) is 1.00. The molecule has 0 rings (SSSR count). The van der Waals surface area contributed by atoms with Gasteiger partial charge in [0.2, 0.25) is 0 Å². The van der Waals surface area contributed by atoms with Crippen molar-refractivity contribution >= 4 is 9.84 Å². The molecule has 16 heavy (non-hydrogen) atoms. The number of nitrogens with zero attached hydrogens (tertiary/aromatic N) is 1. The summed E-state index contributed by atoms with van der Waals surface area (Å²) in [6.45, 7) is 7.91. The van der Waals surface area contributed by atoms with E-state index in [4.69, 9.17) is 0 Å². The molecular formula is C11H26N2O2S. The van der Waals surface area contributed by atoms with Crippen LogP contribution in [-0.4, -0.2) is 57.5 Å². The van der Waals surface area contributed by atoms with Gasteiger partial charge < -0.3 is 10.2 Å². The summed E-state index contributed by atoms with van der Waals surface area (Å²) >= 11 is 0. The lowest BCUT2D eigenvalue weighted by atomic mass is 10.2. The second-order valence-electron chi connectivity index (χ2n) is 4.68. The third-order valence-electron chi connectivity index (χ3n) is 2.94. The smallest absolute Gasteiger partial charge is 0.148 e. The van der Waals surface area contributed by atoms with Crippen LogP contribution in [0.4, 0.5) is 0 Å². The van der Waals surface area contributed by atoms with Crippen LogP contribution in [0, 0.1) is 0 Å². The Balaban J connectivity index is 3.86. The molecule has 98 valence electrons. The summed E-state index contributed by atoms with van der Waals surface area (Å²) in [4.78, 5) is 2.08. The predicted molar refractivity (Wildman–Crippen MR) is 69.6 cm³/mol. The molecule has 0 aromatic heterocycles. The first-order valence-corrected chi connectivity index (χ1v) is 7.93. The Morgan fingerprint density at radius 1 is 1.31 bits per heavy atom. The van der Waals surface area contributed by atoms with Gasteiger partial charge in [0.1, 0.15) is 9.84 Å². The molecule has 0 bridgehead atoms. The highest BCUT2D eigenvalue weighted by atomic mass is 32.2. The lowest BCUT2D eigenvalue weighted by Crippen LogP contribution is -2.42. The van der Waals surface area contributed by atoms with E-state index in [1.165, 1.54) is 6.26 Å². The molecule has 0 aliphatic heterocycles. The Kier molecular flexibility index (Phi) is 7.19. The number of hydrogen-bond acceptors (Lipinski definition) is 4. The fourth-order valence-corrected chi connectivity index (χ4v) is 1.82. The van der Waals surface area contributed by atoms with Gasteiger partial charge in [-0.25, -0.2) is 8.42 Å². The first-order valence-electron chi connectivity index (χ1n) is 5.87. The van der Waals surface area contributed by atoms with Crippen molar-refractivity contribution in [3.05, 3.63) is 0 Å². The molecule has 5 heteroatoms. The van der Waals surface area contributed by atoms with E-state index >= 15 is 0 Å². The molecule has 0 fully saturated rings. The van der Waals surface area contributed by atoms with Crippen molar-refractivity contribution in [3.8, 4) is 0 Å². The summed E-state index contributed by atoms with van der Waals surface area (Å²) in [5.74, 6) is 0.233. The number of rotatable bonds is 8. The maximum atomic E-state index is 11.0. The lowest BCUT2D eigenvalue weighted by molar-refractivity contribution is 0.258. The molecule has 2 atom stereocenters. The zero-order valence-corrected chi connectivity index (χ0v) is 12.0. The fourth-order valence-electron chi connectivity index (χ4n) is 1.20. The second kappa shape index (κ2) is 7.25. The summed E-state index contributed by atoms with van der Waals surface area (Å²) < 4.78 is 22.1. The highest BCUT2D eigenvalue weighted by molar-refractivity contribution is 7.90. The number of sulfone groups is 1. The highest BCUT2D eigenvalue weighted by Crippen LogP contribution is 1.97. The molecule has 0 saturated heterocycles. The summed E-state index contributed by atoms with van der Waals surface area (Å²) in [5, 5.41) is 3.42. The van der Waals surface area contributed by atoms with Gasteiger partial charge in [-0.2, -0.15) is 0 Å². The van der Waals surface area contributed by atoms with Crippen molar-refractivity contribution in [2.75, 3.05) is 32.1 Å². The van der Waals surface area contributed by atoms with E-state index in [1.54, 1.807) is 0 Å². The maximum Gasteiger partial charge on any atom is 0.148 e. The van der Waals surface area contributed by atoms with Gasteiger partial charge in [-0.05, 0) is 27.3 Å². The molecule has 0 heterocycles. The molecule has 0 aromatic carbocycles. The largest absolute Gasteiger partial charge is 0.313 e. The number of nitrogens with one attached hydrogen (secondary N) is 1. The molecule has 0 radical (unpaired) electrons. The molecule has 0 amide bonds. The van der Waals surface area contributed by atoms with Crippen molar-refractivity contribution in [3.63, 3.8) is 0 Å². The van der Waals surface area contributed by atoms with Crippen molar-refractivity contribution in [1.29, 1.82) is 0 Å². The third kappa shape index (κ3) is 8.07. The summed E-state index contributed by atoms with van der Waals surface area (Å²) in [7, 11) is -0.884. The monoisotopic (exact) mass is 250 g/mol. The van der Waals surface area contributed by atoms with E-state index in [1.807, 2.05) is 7.05 Å². The quantitative estimate of drug-likeness (QED) is 0.690. The minimum absolute atomic E-state index is 0.233. The molecule has 0 aliphatic rings. The van der Waals surface area contributed by atoms with Gasteiger partial charge in [-0.3, -0.25) is 0 Å². The van der Waals surface area contributed by atoms with Crippen molar-refractivity contribution < 1.29 is 8.42 Å². The van der Waals surface area contributed by atoms with Crippen LogP contribution in [0.15, 0.2) is 0 Å². The minimum Gasteiger partial charge on any atom is -0.313 e. The Morgan fingerprint density at radius 3 is 2.31 bits per heavy atom. The van der Waals surface area contributed by atoms with Gasteiger partial charge in [0, 0.05) is 31.4 Å². The van der Waals surface area contributed by atoms with Gasteiger partial charge in [-0.15, -0.1) is 0 Å². The van der Waals surface area contributed by atoms with E-state index < -0.39 is 9.84 Å². The molecular weight excluding hydrogens is 224 g/mol. The van der Waals surface area contributed by atoms with Crippen LogP contribution >= 0.6 is 0 Å². The van der Waals surface area contributed by atoms with Crippen molar-refractivity contribution in [2.45, 2.75) is 39.3 Å². The molecule has 2 unspecified atom stereocenters. The normalized spacial score (nSPS) is 16.4. The summed E-state index contributed by atoms with van der Waals surface area (Å²) in [5.41, 5.74) is 0. The first-order chi connectivity index (χ1) is 7.26. The predicted octanol–water partition coefficient (Wildman–Crippen LogP) is 0.739. The van der Waals surface area contributed by atoms with Crippen LogP contribution < -0.4 is 5.32 Å². The van der Waals surface area contributed by atoms with Crippen LogP contribution in [0.25, 0.3) is 0 Å². The van der Waals surface area contributed by atoms with E-state index in [9.17, 15) is 8.42 Å². The Labute approximate surface area is 100 Å². The molecule has 0 spiro atoms. The van der Waals surface area contributed by atoms with Crippen LogP contribution in [0.5, 0.6) is 0 Å². The Bertz CT molecular complexity index is 278. The topological polar surface area (TPSA) is 49.4 Å². The SMILES string of the molecule is CCC(C)NCC(C)N(C)CCS(C)(=O)=O. The lowest BCUT2D eigenvalue weighted by Gasteiger charge is -2.26. The van der Waals surface area contributed by atoms with Crippen LogP contribution in [0.1, 0.15) is 27.2 Å². The van der Waals surface area contributed by atoms with Gasteiger partial charge in [0.05, 0.1) is 5.75 Å². The number of hydrogen-bond donors (Lipinski definition) is 1. The zero-order valence-electron chi connectivity index (χ0n) is 11.2. The van der Waals surface area contributed by atoms with Crippen molar-refractivity contribution in [1.82, 2.24) is 10.2 Å².